The first kappa shape index (κ1) is 26.4. The van der Waals surface area contributed by atoms with Crippen LogP contribution in [0.1, 0.15) is 103 Å². The largest absolute Gasteiger partial charge is 0.492 e. The number of aryl methyl sites for hydroxylation is 2. The molecule has 0 atom stereocenters. The first-order chi connectivity index (χ1) is 16.7. The van der Waals surface area contributed by atoms with Gasteiger partial charge in [-0.15, -0.1) is 0 Å². The number of hydrogen-bond acceptors (Lipinski definition) is 2. The normalized spacial score (nSPS) is 11.4. The number of unbranched alkanes of at least 4 members (excludes halogenated alkanes) is 6. The molecule has 0 bridgehead atoms. The van der Waals surface area contributed by atoms with Crippen molar-refractivity contribution >= 4 is 21.5 Å². The van der Waals surface area contributed by atoms with Gasteiger partial charge in [-0.1, -0.05) is 90.5 Å². The summed E-state index contributed by atoms with van der Waals surface area (Å²) in [5.74, 6) is 2.08. The van der Waals surface area contributed by atoms with Gasteiger partial charge in [0, 0.05) is 21.5 Å². The van der Waals surface area contributed by atoms with Crippen LogP contribution in [0, 0.1) is 0 Å². The Morgan fingerprint density at radius 1 is 0.471 bits per heavy atom. The van der Waals surface area contributed by atoms with Gasteiger partial charge in [0.25, 0.3) is 0 Å². The van der Waals surface area contributed by atoms with Crippen molar-refractivity contribution in [2.75, 3.05) is 13.2 Å². The minimum absolute atomic E-state index is 0.759. The molecule has 34 heavy (non-hydrogen) atoms. The molecule has 2 nitrogen and oxygen atoms in total. The van der Waals surface area contributed by atoms with Crippen LogP contribution in [-0.4, -0.2) is 13.2 Å². The standard InChI is InChI=1S/C32H46O2/c1-5-9-13-15-25-17-19-27-29(23-25)31(33-21-11-7-3)28-20-18-26(16-14-10-6-2)24-30(28)32(27)34-22-12-8-4/h17-20,23-24H,5-16,21-22H2,1-4H3. The van der Waals surface area contributed by atoms with Gasteiger partial charge in [-0.2, -0.15) is 0 Å². The van der Waals surface area contributed by atoms with Crippen LogP contribution in [0.25, 0.3) is 21.5 Å². The van der Waals surface area contributed by atoms with E-state index in [9.17, 15) is 0 Å². The zero-order chi connectivity index (χ0) is 24.2. The van der Waals surface area contributed by atoms with E-state index in [1.54, 1.807) is 0 Å². The quantitative estimate of drug-likeness (QED) is 0.156. The van der Waals surface area contributed by atoms with Crippen LogP contribution in [0.3, 0.4) is 0 Å². The second-order valence-corrected chi connectivity index (χ2v) is 9.74. The third kappa shape index (κ3) is 6.90. The molecule has 0 aromatic heterocycles. The number of rotatable bonds is 16. The average Bonchev–Trinajstić information content (AvgIpc) is 2.85. The summed E-state index contributed by atoms with van der Waals surface area (Å²) < 4.78 is 13.0. The molecule has 3 aromatic carbocycles. The molecule has 2 heteroatoms. The molecule has 3 aromatic rings. The summed E-state index contributed by atoms with van der Waals surface area (Å²) in [6.07, 6.45) is 14.2. The molecule has 0 aliphatic carbocycles. The number of ether oxygens (including phenoxy) is 2. The highest BCUT2D eigenvalue weighted by Gasteiger charge is 2.17. The van der Waals surface area contributed by atoms with Gasteiger partial charge in [0.05, 0.1) is 13.2 Å². The van der Waals surface area contributed by atoms with E-state index in [4.69, 9.17) is 9.47 Å². The highest BCUT2D eigenvalue weighted by Crippen LogP contribution is 2.44. The fourth-order valence-corrected chi connectivity index (χ4v) is 4.66. The molecule has 0 saturated carbocycles. The molecule has 0 unspecified atom stereocenters. The average molecular weight is 463 g/mol. The summed E-state index contributed by atoms with van der Waals surface area (Å²) in [6.45, 7) is 10.5. The zero-order valence-electron chi connectivity index (χ0n) is 22.2. The second kappa shape index (κ2) is 14.2. The third-order valence-electron chi connectivity index (χ3n) is 6.77. The predicted molar refractivity (Wildman–Crippen MR) is 149 cm³/mol. The van der Waals surface area contributed by atoms with E-state index in [0.29, 0.717) is 0 Å². The number of hydrogen-bond donors (Lipinski definition) is 0. The van der Waals surface area contributed by atoms with Crippen LogP contribution in [0.4, 0.5) is 0 Å². The van der Waals surface area contributed by atoms with E-state index in [2.05, 4.69) is 64.1 Å². The summed E-state index contributed by atoms with van der Waals surface area (Å²) >= 11 is 0. The lowest BCUT2D eigenvalue weighted by molar-refractivity contribution is 0.311. The summed E-state index contributed by atoms with van der Waals surface area (Å²) in [5.41, 5.74) is 2.80. The lowest BCUT2D eigenvalue weighted by Gasteiger charge is -2.19. The van der Waals surface area contributed by atoms with Crippen molar-refractivity contribution in [2.45, 2.75) is 105 Å². The van der Waals surface area contributed by atoms with Gasteiger partial charge >= 0.3 is 0 Å². The summed E-state index contributed by atoms with van der Waals surface area (Å²) in [4.78, 5) is 0. The van der Waals surface area contributed by atoms with Crippen LogP contribution >= 0.6 is 0 Å². The monoisotopic (exact) mass is 462 g/mol. The molecule has 0 radical (unpaired) electrons. The van der Waals surface area contributed by atoms with Gasteiger partial charge in [-0.25, -0.2) is 0 Å². The fraction of sp³-hybridized carbons (Fsp3) is 0.562. The van der Waals surface area contributed by atoms with Crippen molar-refractivity contribution in [1.82, 2.24) is 0 Å². The predicted octanol–water partition coefficient (Wildman–Crippen LogP) is 9.82. The SMILES string of the molecule is CCCCCc1ccc2c(OCCCC)c3cc(CCCCC)ccc3c(OCCCC)c2c1. The molecule has 0 N–H and O–H groups in total. The van der Waals surface area contributed by atoms with E-state index >= 15 is 0 Å². The van der Waals surface area contributed by atoms with E-state index in [0.717, 1.165) is 63.2 Å². The Hall–Kier alpha value is -2.22. The van der Waals surface area contributed by atoms with Crippen LogP contribution < -0.4 is 9.47 Å². The fourth-order valence-electron chi connectivity index (χ4n) is 4.66. The van der Waals surface area contributed by atoms with Gasteiger partial charge in [-0.3, -0.25) is 0 Å². The van der Waals surface area contributed by atoms with E-state index in [-0.39, 0.29) is 0 Å². The molecule has 0 heterocycles. The number of benzene rings is 3. The Morgan fingerprint density at radius 3 is 1.26 bits per heavy atom. The van der Waals surface area contributed by atoms with E-state index in [1.165, 1.54) is 71.2 Å². The second-order valence-electron chi connectivity index (χ2n) is 9.74. The Balaban J connectivity index is 2.14. The van der Waals surface area contributed by atoms with Crippen LogP contribution in [0.2, 0.25) is 0 Å². The van der Waals surface area contributed by atoms with Gasteiger partial charge in [0.2, 0.25) is 0 Å². The first-order valence-corrected chi connectivity index (χ1v) is 14.0. The Morgan fingerprint density at radius 2 is 0.882 bits per heavy atom. The Bertz CT molecular complexity index is 937. The molecule has 0 saturated heterocycles. The molecule has 0 spiro atoms. The minimum Gasteiger partial charge on any atom is -0.492 e. The maximum Gasteiger partial charge on any atom is 0.135 e. The molecule has 0 aliphatic rings. The first-order valence-electron chi connectivity index (χ1n) is 14.0. The molecule has 186 valence electrons. The molecule has 0 amide bonds. The molecule has 0 aliphatic heterocycles. The molecule has 3 rings (SSSR count). The van der Waals surface area contributed by atoms with Gasteiger partial charge in [0.15, 0.2) is 0 Å². The van der Waals surface area contributed by atoms with E-state index in [1.807, 2.05) is 0 Å². The minimum atomic E-state index is 0.759. The topological polar surface area (TPSA) is 18.5 Å². The molecule has 0 fully saturated rings. The van der Waals surface area contributed by atoms with Gasteiger partial charge in [-0.05, 0) is 61.8 Å². The third-order valence-corrected chi connectivity index (χ3v) is 6.77. The smallest absolute Gasteiger partial charge is 0.135 e. The van der Waals surface area contributed by atoms with Crippen molar-refractivity contribution in [3.05, 3.63) is 47.5 Å². The van der Waals surface area contributed by atoms with Crippen molar-refractivity contribution in [3.8, 4) is 11.5 Å². The summed E-state index contributed by atoms with van der Waals surface area (Å²) in [6, 6.07) is 13.9. The van der Waals surface area contributed by atoms with Gasteiger partial charge < -0.3 is 9.47 Å². The highest BCUT2D eigenvalue weighted by atomic mass is 16.5. The Kier molecular flexibility index (Phi) is 11.1. The lowest BCUT2D eigenvalue weighted by atomic mass is 9.95. The van der Waals surface area contributed by atoms with Crippen molar-refractivity contribution in [1.29, 1.82) is 0 Å². The zero-order valence-corrected chi connectivity index (χ0v) is 22.2. The summed E-state index contributed by atoms with van der Waals surface area (Å²) in [5, 5.41) is 4.81. The van der Waals surface area contributed by atoms with Crippen LogP contribution in [0.15, 0.2) is 36.4 Å². The van der Waals surface area contributed by atoms with E-state index < -0.39 is 0 Å². The van der Waals surface area contributed by atoms with Crippen LogP contribution in [-0.2, 0) is 12.8 Å². The van der Waals surface area contributed by atoms with Crippen molar-refractivity contribution in [3.63, 3.8) is 0 Å². The Labute approximate surface area is 208 Å². The summed E-state index contributed by atoms with van der Waals surface area (Å²) in [7, 11) is 0. The maximum absolute atomic E-state index is 6.52. The maximum atomic E-state index is 6.52. The van der Waals surface area contributed by atoms with Gasteiger partial charge in [0.1, 0.15) is 11.5 Å². The highest BCUT2D eigenvalue weighted by molar-refractivity contribution is 6.11. The molecular formula is C32H46O2. The van der Waals surface area contributed by atoms with Crippen LogP contribution in [0.5, 0.6) is 11.5 Å². The van der Waals surface area contributed by atoms with Crippen molar-refractivity contribution in [2.24, 2.45) is 0 Å². The lowest BCUT2D eigenvalue weighted by Crippen LogP contribution is -2.03. The van der Waals surface area contributed by atoms with Crippen molar-refractivity contribution < 1.29 is 9.47 Å². The molecular weight excluding hydrogens is 416 g/mol. The number of fused-ring (bicyclic) bond motifs is 2.